The van der Waals surface area contributed by atoms with Gasteiger partial charge >= 0.3 is 0 Å². The number of fused-ring (bicyclic) bond motifs is 1. The number of likely N-dealkylation sites (tertiary alicyclic amines) is 1. The lowest BCUT2D eigenvalue weighted by Gasteiger charge is -2.26. The summed E-state index contributed by atoms with van der Waals surface area (Å²) in [6.07, 6.45) is 5.60. The zero-order valence-electron chi connectivity index (χ0n) is 12.3. The van der Waals surface area contributed by atoms with E-state index in [1.54, 1.807) is 11.5 Å². The Morgan fingerprint density at radius 2 is 1.81 bits per heavy atom. The van der Waals surface area contributed by atoms with Crippen LogP contribution in [0, 0.1) is 0 Å². The summed E-state index contributed by atoms with van der Waals surface area (Å²) in [6.45, 7) is 3.27. The monoisotopic (exact) mass is 284 g/mol. The molecule has 1 fully saturated rings. The van der Waals surface area contributed by atoms with Crippen LogP contribution in [0.2, 0.25) is 0 Å². The summed E-state index contributed by atoms with van der Waals surface area (Å²) in [5.74, 6) is 0.143. The van der Waals surface area contributed by atoms with E-state index in [1.165, 1.54) is 6.42 Å². The maximum absolute atomic E-state index is 12.4. The van der Waals surface area contributed by atoms with Crippen molar-refractivity contribution in [1.82, 2.24) is 9.47 Å². The molecular weight excluding hydrogens is 264 g/mol. The first kappa shape index (κ1) is 13.9. The molecule has 0 unspecified atom stereocenters. The van der Waals surface area contributed by atoms with Crippen molar-refractivity contribution < 1.29 is 9.59 Å². The molecule has 1 aliphatic heterocycles. The van der Waals surface area contributed by atoms with Crippen molar-refractivity contribution in [3.05, 3.63) is 36.0 Å². The van der Waals surface area contributed by atoms with E-state index in [0.717, 1.165) is 42.4 Å². The highest BCUT2D eigenvalue weighted by Gasteiger charge is 2.19. The number of aromatic nitrogens is 1. The Bertz CT molecular complexity index is 681. The van der Waals surface area contributed by atoms with Crippen molar-refractivity contribution >= 4 is 22.7 Å². The number of hydrogen-bond donors (Lipinski definition) is 0. The molecule has 1 aromatic carbocycles. The normalized spacial score (nSPS) is 15.4. The van der Waals surface area contributed by atoms with E-state index < -0.39 is 0 Å². The van der Waals surface area contributed by atoms with Crippen molar-refractivity contribution in [2.75, 3.05) is 13.1 Å². The van der Waals surface area contributed by atoms with Gasteiger partial charge in [-0.3, -0.25) is 14.2 Å². The van der Waals surface area contributed by atoms with Gasteiger partial charge in [-0.05, 0) is 30.9 Å². The van der Waals surface area contributed by atoms with Crippen LogP contribution in [0.5, 0.6) is 0 Å². The van der Waals surface area contributed by atoms with Gasteiger partial charge in [0, 0.05) is 31.6 Å². The lowest BCUT2D eigenvalue weighted by atomic mass is 10.1. The highest BCUT2D eigenvalue weighted by atomic mass is 16.2. The van der Waals surface area contributed by atoms with Gasteiger partial charge in [-0.1, -0.05) is 18.2 Å². The first-order valence-corrected chi connectivity index (χ1v) is 7.54. The molecule has 1 saturated heterocycles. The number of nitrogens with zero attached hydrogens (tertiary/aromatic N) is 2. The minimum atomic E-state index is -0.0251. The summed E-state index contributed by atoms with van der Waals surface area (Å²) in [6, 6.07) is 7.76. The molecule has 1 aromatic heterocycles. The van der Waals surface area contributed by atoms with Gasteiger partial charge in [0.2, 0.25) is 11.8 Å². The van der Waals surface area contributed by atoms with Crippen LogP contribution < -0.4 is 0 Å². The maximum Gasteiger partial charge on any atom is 0.227 e. The summed E-state index contributed by atoms with van der Waals surface area (Å²) >= 11 is 0. The first-order valence-electron chi connectivity index (χ1n) is 7.54. The quantitative estimate of drug-likeness (QED) is 0.851. The van der Waals surface area contributed by atoms with Crippen LogP contribution in [-0.4, -0.2) is 34.4 Å². The lowest BCUT2D eigenvalue weighted by Crippen LogP contribution is -2.36. The molecule has 0 spiro atoms. The van der Waals surface area contributed by atoms with Gasteiger partial charge in [0.1, 0.15) is 0 Å². The zero-order chi connectivity index (χ0) is 14.8. The Hall–Kier alpha value is -2.10. The average Bonchev–Trinajstić information content (AvgIpc) is 2.87. The number of carbonyl (C=O) groups is 2. The highest BCUT2D eigenvalue weighted by molar-refractivity contribution is 5.95. The van der Waals surface area contributed by atoms with Crippen LogP contribution >= 0.6 is 0 Å². The molecule has 3 rings (SSSR count). The Morgan fingerprint density at radius 1 is 1.10 bits per heavy atom. The number of amides is 1. The van der Waals surface area contributed by atoms with Crippen molar-refractivity contribution in [2.45, 2.75) is 32.6 Å². The molecule has 0 saturated carbocycles. The number of hydrogen-bond acceptors (Lipinski definition) is 2. The molecule has 0 aliphatic carbocycles. The molecule has 21 heavy (non-hydrogen) atoms. The number of carbonyl (C=O) groups excluding carboxylic acids is 2. The van der Waals surface area contributed by atoms with E-state index in [-0.39, 0.29) is 11.8 Å². The van der Waals surface area contributed by atoms with Crippen molar-refractivity contribution in [2.24, 2.45) is 0 Å². The largest absolute Gasteiger partial charge is 0.342 e. The van der Waals surface area contributed by atoms with Crippen LogP contribution in [0.4, 0.5) is 0 Å². The highest BCUT2D eigenvalue weighted by Crippen LogP contribution is 2.22. The lowest BCUT2D eigenvalue weighted by molar-refractivity contribution is -0.131. The SMILES string of the molecule is CC(=O)n1cc(CC(=O)N2CCCCC2)c2ccccc21. The summed E-state index contributed by atoms with van der Waals surface area (Å²) in [5.41, 5.74) is 1.82. The van der Waals surface area contributed by atoms with Gasteiger partial charge in [0.25, 0.3) is 0 Å². The van der Waals surface area contributed by atoms with E-state index in [9.17, 15) is 9.59 Å². The molecule has 110 valence electrons. The van der Waals surface area contributed by atoms with Crippen LogP contribution in [0.3, 0.4) is 0 Å². The molecule has 0 N–H and O–H groups in total. The predicted molar refractivity (Wildman–Crippen MR) is 82.4 cm³/mol. The fourth-order valence-electron chi connectivity index (χ4n) is 3.07. The molecule has 4 heteroatoms. The molecule has 2 aromatic rings. The van der Waals surface area contributed by atoms with Crippen LogP contribution in [0.1, 0.15) is 36.5 Å². The zero-order valence-corrected chi connectivity index (χ0v) is 12.3. The average molecular weight is 284 g/mol. The van der Waals surface area contributed by atoms with Crippen LogP contribution in [0.25, 0.3) is 10.9 Å². The summed E-state index contributed by atoms with van der Waals surface area (Å²) in [7, 11) is 0. The van der Waals surface area contributed by atoms with Crippen molar-refractivity contribution in [1.29, 1.82) is 0 Å². The Morgan fingerprint density at radius 3 is 2.52 bits per heavy atom. The number of piperidine rings is 1. The maximum atomic E-state index is 12.4. The smallest absolute Gasteiger partial charge is 0.227 e. The third kappa shape index (κ3) is 2.71. The fraction of sp³-hybridized carbons (Fsp3) is 0.412. The first-order chi connectivity index (χ1) is 10.2. The van der Waals surface area contributed by atoms with Gasteiger partial charge in [-0.2, -0.15) is 0 Å². The van der Waals surface area contributed by atoms with E-state index in [1.807, 2.05) is 35.4 Å². The standard InChI is InChI=1S/C17H20N2O2/c1-13(20)19-12-14(15-7-3-4-8-16(15)19)11-17(21)18-9-5-2-6-10-18/h3-4,7-8,12H,2,5-6,9-11H2,1H3. The minimum Gasteiger partial charge on any atom is -0.342 e. The number of benzene rings is 1. The topological polar surface area (TPSA) is 42.3 Å². The molecular formula is C17H20N2O2. The van der Waals surface area contributed by atoms with Gasteiger partial charge in [-0.25, -0.2) is 0 Å². The second kappa shape index (κ2) is 5.72. The third-order valence-electron chi connectivity index (χ3n) is 4.18. The molecule has 0 radical (unpaired) electrons. The fourth-order valence-corrected chi connectivity index (χ4v) is 3.07. The van der Waals surface area contributed by atoms with Crippen LogP contribution in [-0.2, 0) is 11.2 Å². The van der Waals surface area contributed by atoms with Gasteiger partial charge in [-0.15, -0.1) is 0 Å². The Kier molecular flexibility index (Phi) is 3.78. The second-order valence-electron chi connectivity index (χ2n) is 5.68. The molecule has 2 heterocycles. The van der Waals surface area contributed by atoms with E-state index in [2.05, 4.69) is 0 Å². The van der Waals surface area contributed by atoms with E-state index in [4.69, 9.17) is 0 Å². The van der Waals surface area contributed by atoms with Gasteiger partial charge in [0.15, 0.2) is 0 Å². The summed E-state index contributed by atoms with van der Waals surface area (Å²) in [4.78, 5) is 26.1. The van der Waals surface area contributed by atoms with Crippen LogP contribution in [0.15, 0.2) is 30.5 Å². The predicted octanol–water partition coefficient (Wildman–Crippen LogP) is 2.86. The second-order valence-corrected chi connectivity index (χ2v) is 5.68. The molecule has 1 aliphatic rings. The summed E-state index contributed by atoms with van der Waals surface area (Å²) < 4.78 is 1.63. The molecule has 1 amide bonds. The van der Waals surface area contributed by atoms with E-state index in [0.29, 0.717) is 6.42 Å². The molecule has 4 nitrogen and oxygen atoms in total. The minimum absolute atomic E-state index is 0.0251. The molecule has 0 atom stereocenters. The Balaban J connectivity index is 1.90. The summed E-state index contributed by atoms with van der Waals surface area (Å²) in [5, 5.41) is 0.998. The van der Waals surface area contributed by atoms with Crippen molar-refractivity contribution in [3.8, 4) is 0 Å². The van der Waals surface area contributed by atoms with E-state index >= 15 is 0 Å². The molecule has 0 bridgehead atoms. The third-order valence-corrected chi connectivity index (χ3v) is 4.18. The van der Waals surface area contributed by atoms with Gasteiger partial charge in [0.05, 0.1) is 11.9 Å². The number of para-hydroxylation sites is 1. The van der Waals surface area contributed by atoms with Gasteiger partial charge < -0.3 is 4.90 Å². The number of rotatable bonds is 2. The Labute approximate surface area is 124 Å². The van der Waals surface area contributed by atoms with Crippen molar-refractivity contribution in [3.63, 3.8) is 0 Å².